The molecule has 9 nitrogen and oxygen atoms in total. The van der Waals surface area contributed by atoms with Gasteiger partial charge in [-0.1, -0.05) is 60.1 Å². The van der Waals surface area contributed by atoms with Gasteiger partial charge in [0, 0.05) is 19.8 Å². The van der Waals surface area contributed by atoms with Crippen molar-refractivity contribution in [1.82, 2.24) is 25.9 Å². The van der Waals surface area contributed by atoms with E-state index in [1.807, 2.05) is 36.4 Å². The molecule has 1 aromatic heterocycles. The lowest BCUT2D eigenvalue weighted by Crippen LogP contribution is -2.42. The first-order valence-electron chi connectivity index (χ1n) is 12.1. The van der Waals surface area contributed by atoms with Gasteiger partial charge in [0.15, 0.2) is 5.82 Å². The van der Waals surface area contributed by atoms with Gasteiger partial charge in [0.1, 0.15) is 6.04 Å². The van der Waals surface area contributed by atoms with E-state index in [1.165, 1.54) is 23.4 Å². The van der Waals surface area contributed by atoms with Gasteiger partial charge in [0.05, 0.1) is 16.6 Å². The topological polar surface area (TPSA) is 115 Å². The fourth-order valence-corrected chi connectivity index (χ4v) is 5.03. The van der Waals surface area contributed by atoms with Gasteiger partial charge in [-0.3, -0.25) is 20.4 Å². The minimum Gasteiger partial charge on any atom is -0.344 e. The summed E-state index contributed by atoms with van der Waals surface area (Å²) in [7, 11) is 1.70. The summed E-state index contributed by atoms with van der Waals surface area (Å²) < 4.78 is 0. The van der Waals surface area contributed by atoms with E-state index >= 15 is 0 Å². The predicted octanol–water partition coefficient (Wildman–Crippen LogP) is 3.21. The van der Waals surface area contributed by atoms with Gasteiger partial charge in [0.2, 0.25) is 5.91 Å². The summed E-state index contributed by atoms with van der Waals surface area (Å²) in [5.41, 5.74) is 10.0. The summed E-state index contributed by atoms with van der Waals surface area (Å²) in [5, 5.41) is 5.91. The SMILES string of the molecule is CN1CCC(NC(=O)c2cnc(NNC(=O)NC3c4ccccc4CCc4ccccc43)c(Cl)c2)C1=O. The van der Waals surface area contributed by atoms with Crippen LogP contribution in [-0.2, 0) is 17.6 Å². The van der Waals surface area contributed by atoms with Gasteiger partial charge in [-0.05, 0) is 47.6 Å². The summed E-state index contributed by atoms with van der Waals surface area (Å²) >= 11 is 6.32. The maximum atomic E-state index is 12.9. The molecular weight excluding hydrogens is 492 g/mol. The van der Waals surface area contributed by atoms with Crippen LogP contribution in [0.15, 0.2) is 60.8 Å². The van der Waals surface area contributed by atoms with Crippen LogP contribution < -0.4 is 21.5 Å². The van der Waals surface area contributed by atoms with E-state index in [0.717, 1.165) is 24.0 Å². The number of amides is 4. The van der Waals surface area contributed by atoms with Gasteiger partial charge in [-0.2, -0.15) is 0 Å². The van der Waals surface area contributed by atoms with Crippen molar-refractivity contribution in [3.05, 3.63) is 93.6 Å². The number of aromatic nitrogens is 1. The van der Waals surface area contributed by atoms with Crippen LogP contribution in [0.1, 0.15) is 45.1 Å². The lowest BCUT2D eigenvalue weighted by atomic mass is 9.95. The minimum atomic E-state index is -0.557. The largest absolute Gasteiger partial charge is 0.344 e. The van der Waals surface area contributed by atoms with Crippen molar-refractivity contribution < 1.29 is 14.4 Å². The first kappa shape index (κ1) is 24.6. The molecule has 2 heterocycles. The Bertz CT molecular complexity index is 1320. The molecule has 1 aliphatic carbocycles. The van der Waals surface area contributed by atoms with E-state index in [2.05, 4.69) is 38.6 Å². The van der Waals surface area contributed by atoms with Crippen molar-refractivity contribution in [2.75, 3.05) is 19.0 Å². The average molecular weight is 519 g/mol. The summed E-state index contributed by atoms with van der Waals surface area (Å²) in [5.74, 6) is -0.377. The molecule has 5 rings (SSSR count). The number of fused-ring (bicyclic) bond motifs is 2. The Balaban J connectivity index is 1.24. The van der Waals surface area contributed by atoms with E-state index in [9.17, 15) is 14.4 Å². The van der Waals surface area contributed by atoms with Crippen molar-refractivity contribution in [2.24, 2.45) is 0 Å². The molecule has 4 N–H and O–H groups in total. The Morgan fingerprint density at radius 2 is 1.65 bits per heavy atom. The molecule has 1 fully saturated rings. The molecule has 2 aromatic carbocycles. The molecule has 2 aliphatic rings. The standard InChI is InChI=1S/C27H27ClN6O3/c1-34-13-12-22(26(34)36)30-25(35)18-14-21(28)24(29-15-18)32-33-27(37)31-23-19-8-4-2-6-16(19)10-11-17-7-3-5-9-20(17)23/h2-9,14-15,22-23H,10-13H2,1H3,(H,29,32)(H,30,35)(H2,31,33,37). The number of hydrogen-bond donors (Lipinski definition) is 4. The van der Waals surface area contributed by atoms with E-state index in [4.69, 9.17) is 11.6 Å². The molecule has 37 heavy (non-hydrogen) atoms. The number of likely N-dealkylation sites (tertiary alicyclic amines) is 1. The molecular formula is C27H27ClN6O3. The number of urea groups is 1. The fraction of sp³-hybridized carbons (Fsp3) is 0.259. The number of anilines is 1. The fourth-order valence-electron chi connectivity index (χ4n) is 4.81. The van der Waals surface area contributed by atoms with Crippen molar-refractivity contribution in [2.45, 2.75) is 31.3 Å². The third kappa shape index (κ3) is 5.22. The van der Waals surface area contributed by atoms with Crippen molar-refractivity contribution >= 4 is 35.3 Å². The second-order valence-corrected chi connectivity index (χ2v) is 9.59. The lowest BCUT2D eigenvalue weighted by molar-refractivity contribution is -0.128. The van der Waals surface area contributed by atoms with E-state index < -0.39 is 18.0 Å². The quantitative estimate of drug-likeness (QED) is 0.387. The monoisotopic (exact) mass is 518 g/mol. The van der Waals surface area contributed by atoms with Crippen LogP contribution in [0, 0.1) is 0 Å². The molecule has 10 heteroatoms. The Morgan fingerprint density at radius 1 is 1.00 bits per heavy atom. The zero-order chi connectivity index (χ0) is 25.9. The number of hydrogen-bond acceptors (Lipinski definition) is 5. The van der Waals surface area contributed by atoms with Crippen LogP contribution in [0.3, 0.4) is 0 Å². The van der Waals surface area contributed by atoms with E-state index in [1.54, 1.807) is 11.9 Å². The number of benzene rings is 2. The summed E-state index contributed by atoms with van der Waals surface area (Å²) in [6.07, 6.45) is 3.69. The van der Waals surface area contributed by atoms with Crippen LogP contribution in [-0.4, -0.2) is 47.4 Å². The highest BCUT2D eigenvalue weighted by Gasteiger charge is 2.30. The third-order valence-corrected chi connectivity index (χ3v) is 7.09. The van der Waals surface area contributed by atoms with Gasteiger partial charge >= 0.3 is 6.03 Å². The van der Waals surface area contributed by atoms with E-state index in [0.29, 0.717) is 13.0 Å². The van der Waals surface area contributed by atoms with E-state index in [-0.39, 0.29) is 28.4 Å². The summed E-state index contributed by atoms with van der Waals surface area (Å²) in [4.78, 5) is 43.3. The summed E-state index contributed by atoms with van der Waals surface area (Å²) in [6.45, 7) is 0.595. The molecule has 0 bridgehead atoms. The number of hydrazine groups is 1. The minimum absolute atomic E-state index is 0.125. The Kier molecular flexibility index (Phi) is 6.96. The number of aryl methyl sites for hydroxylation is 2. The summed E-state index contributed by atoms with van der Waals surface area (Å²) in [6, 6.07) is 16.3. The molecule has 0 radical (unpaired) electrons. The molecule has 190 valence electrons. The molecule has 1 saturated heterocycles. The molecule has 1 aliphatic heterocycles. The third-order valence-electron chi connectivity index (χ3n) is 6.80. The Labute approximate surface area is 219 Å². The number of rotatable bonds is 5. The van der Waals surface area contributed by atoms with Crippen molar-refractivity contribution in [3.63, 3.8) is 0 Å². The number of nitrogens with zero attached hydrogens (tertiary/aromatic N) is 2. The van der Waals surface area contributed by atoms with Crippen LogP contribution in [0.4, 0.5) is 10.6 Å². The molecule has 1 atom stereocenters. The second-order valence-electron chi connectivity index (χ2n) is 9.18. The van der Waals surface area contributed by atoms with Crippen LogP contribution in [0.2, 0.25) is 5.02 Å². The van der Waals surface area contributed by atoms with Gasteiger partial charge in [-0.15, -0.1) is 0 Å². The molecule has 4 amide bonds. The first-order valence-corrected chi connectivity index (χ1v) is 12.5. The van der Waals surface area contributed by atoms with Gasteiger partial charge in [-0.25, -0.2) is 9.78 Å². The number of likely N-dealkylation sites (N-methyl/N-ethyl adjacent to an activating group) is 1. The number of pyridine rings is 1. The van der Waals surface area contributed by atoms with Crippen LogP contribution >= 0.6 is 11.6 Å². The normalized spacial score (nSPS) is 16.9. The maximum Gasteiger partial charge on any atom is 0.334 e. The highest BCUT2D eigenvalue weighted by Crippen LogP contribution is 2.32. The zero-order valence-corrected chi connectivity index (χ0v) is 21.0. The second kappa shape index (κ2) is 10.5. The van der Waals surface area contributed by atoms with Gasteiger partial charge in [0.25, 0.3) is 5.91 Å². The lowest BCUT2D eigenvalue weighted by Gasteiger charge is -2.22. The number of nitrogens with one attached hydrogen (secondary N) is 4. The number of carbonyl (C=O) groups excluding carboxylic acids is 3. The average Bonchev–Trinajstić information content (AvgIpc) is 3.13. The van der Waals surface area contributed by atoms with Gasteiger partial charge < -0.3 is 15.5 Å². The van der Waals surface area contributed by atoms with Crippen molar-refractivity contribution in [3.8, 4) is 0 Å². The molecule has 1 unspecified atom stereocenters. The molecule has 0 saturated carbocycles. The molecule has 0 spiro atoms. The van der Waals surface area contributed by atoms with Crippen LogP contribution in [0.25, 0.3) is 0 Å². The first-order chi connectivity index (χ1) is 17.9. The zero-order valence-electron chi connectivity index (χ0n) is 20.3. The van der Waals surface area contributed by atoms with Crippen LogP contribution in [0.5, 0.6) is 0 Å². The van der Waals surface area contributed by atoms with Crippen molar-refractivity contribution in [1.29, 1.82) is 0 Å². The molecule has 3 aromatic rings. The Hall–Kier alpha value is -4.11. The number of halogens is 1. The predicted molar refractivity (Wildman–Crippen MR) is 140 cm³/mol. The maximum absolute atomic E-state index is 12.9. The number of carbonyl (C=O) groups is 3. The highest BCUT2D eigenvalue weighted by atomic mass is 35.5. The smallest absolute Gasteiger partial charge is 0.334 e. The highest BCUT2D eigenvalue weighted by molar-refractivity contribution is 6.33. The Morgan fingerprint density at radius 3 is 2.24 bits per heavy atom.